The highest BCUT2D eigenvalue weighted by atomic mass is 35.5. The van der Waals surface area contributed by atoms with Gasteiger partial charge in [0.1, 0.15) is 18.1 Å². The highest BCUT2D eigenvalue weighted by molar-refractivity contribution is 6.32. The fourth-order valence-electron chi connectivity index (χ4n) is 4.03. The maximum absolute atomic E-state index is 11.5. The maximum atomic E-state index is 11.5. The number of aryl methyl sites for hydroxylation is 1. The molecular weight excluding hydrogens is 486 g/mol. The number of benzene rings is 2. The Bertz CT molecular complexity index is 971. The summed E-state index contributed by atoms with van der Waals surface area (Å²) in [4.78, 5) is 11.5. The molecule has 0 fully saturated rings. The second-order valence-electron chi connectivity index (χ2n) is 8.53. The van der Waals surface area contributed by atoms with Gasteiger partial charge in [0.2, 0.25) is 0 Å². The van der Waals surface area contributed by atoms with E-state index in [-0.39, 0.29) is 18.6 Å². The molecule has 0 aliphatic heterocycles. The van der Waals surface area contributed by atoms with E-state index in [0.29, 0.717) is 56.1 Å². The molecule has 0 amide bonds. The number of hydrogen-bond donors (Lipinski definition) is 2. The highest BCUT2D eigenvalue weighted by Crippen LogP contribution is 2.29. The van der Waals surface area contributed by atoms with Crippen molar-refractivity contribution in [3.63, 3.8) is 0 Å². The van der Waals surface area contributed by atoms with E-state index in [1.165, 1.54) is 11.1 Å². The molecule has 0 saturated carbocycles. The smallest absolute Gasteiger partial charge is 0.344 e. The van der Waals surface area contributed by atoms with Gasteiger partial charge in [0.25, 0.3) is 0 Å². The lowest BCUT2D eigenvalue weighted by molar-refractivity contribution is -0.145. The van der Waals surface area contributed by atoms with E-state index in [2.05, 4.69) is 11.4 Å². The second-order valence-corrected chi connectivity index (χ2v) is 8.94. The maximum Gasteiger partial charge on any atom is 0.344 e. The number of methoxy groups -OCH3 is 1. The van der Waals surface area contributed by atoms with Gasteiger partial charge >= 0.3 is 5.97 Å². The van der Waals surface area contributed by atoms with Crippen molar-refractivity contribution in [1.82, 2.24) is 5.32 Å². The number of esters is 1. The minimum atomic E-state index is -0.699. The summed E-state index contributed by atoms with van der Waals surface area (Å²) >= 11 is 6.36. The van der Waals surface area contributed by atoms with Crippen LogP contribution in [0.3, 0.4) is 0 Å². The standard InChI is InChI=1S/C27H36ClNO7/c1-3-34-27(31)18-36-23-8-5-19-4-7-22(14-21(19)15-23)29-17-25(30)20-6-9-26(24(28)16-20)35-13-12-33-11-10-32-2/h5-6,8-9,15-16,22,25,29-30H,3-4,7,10-14,17-18H2,1-2H3/t22-,25?/m0/s1. The Morgan fingerprint density at radius 1 is 1.11 bits per heavy atom. The third kappa shape index (κ3) is 8.94. The van der Waals surface area contributed by atoms with Crippen molar-refractivity contribution in [2.45, 2.75) is 38.3 Å². The predicted molar refractivity (Wildman–Crippen MR) is 137 cm³/mol. The van der Waals surface area contributed by atoms with Crippen LogP contribution >= 0.6 is 11.6 Å². The number of aliphatic hydroxyl groups excluding tert-OH is 1. The monoisotopic (exact) mass is 521 g/mol. The van der Waals surface area contributed by atoms with Gasteiger partial charge in [-0.05, 0) is 67.1 Å². The van der Waals surface area contributed by atoms with Crippen molar-refractivity contribution in [3.8, 4) is 11.5 Å². The van der Waals surface area contributed by atoms with Crippen molar-refractivity contribution in [2.75, 3.05) is 53.3 Å². The molecule has 1 aliphatic rings. The first-order valence-corrected chi connectivity index (χ1v) is 12.7. The molecule has 198 valence electrons. The average Bonchev–Trinajstić information content (AvgIpc) is 2.88. The Morgan fingerprint density at radius 3 is 2.72 bits per heavy atom. The van der Waals surface area contributed by atoms with Crippen LogP contribution in [0.2, 0.25) is 5.02 Å². The fraction of sp³-hybridized carbons (Fsp3) is 0.519. The molecule has 0 heterocycles. The molecule has 2 aromatic carbocycles. The third-order valence-corrected chi connectivity index (χ3v) is 6.22. The lowest BCUT2D eigenvalue weighted by atomic mass is 9.88. The zero-order valence-corrected chi connectivity index (χ0v) is 21.7. The zero-order valence-electron chi connectivity index (χ0n) is 21.0. The Hall–Kier alpha value is -2.36. The summed E-state index contributed by atoms with van der Waals surface area (Å²) in [6.45, 7) is 4.29. The molecule has 2 N–H and O–H groups in total. The van der Waals surface area contributed by atoms with E-state index in [1.54, 1.807) is 26.2 Å². The average molecular weight is 522 g/mol. The van der Waals surface area contributed by atoms with Crippen LogP contribution in [0.15, 0.2) is 36.4 Å². The second kappa shape index (κ2) is 15.0. The molecule has 1 unspecified atom stereocenters. The molecule has 1 aliphatic carbocycles. The molecule has 3 rings (SSSR count). The minimum Gasteiger partial charge on any atom is -0.490 e. The zero-order chi connectivity index (χ0) is 25.8. The summed E-state index contributed by atoms with van der Waals surface area (Å²) in [5.74, 6) is 0.831. The number of rotatable bonds is 15. The molecule has 9 heteroatoms. The topological polar surface area (TPSA) is 95.5 Å². The Kier molecular flexibility index (Phi) is 11.8. The van der Waals surface area contributed by atoms with Crippen molar-refractivity contribution in [1.29, 1.82) is 0 Å². The Morgan fingerprint density at radius 2 is 1.94 bits per heavy atom. The van der Waals surface area contributed by atoms with E-state index in [4.69, 9.17) is 35.3 Å². The molecule has 0 aromatic heterocycles. The lowest BCUT2D eigenvalue weighted by Crippen LogP contribution is -2.37. The first-order valence-electron chi connectivity index (χ1n) is 12.3. The molecule has 0 spiro atoms. The molecule has 0 saturated heterocycles. The molecule has 0 bridgehead atoms. The number of carbonyl (C=O) groups excluding carboxylic acids is 1. The van der Waals surface area contributed by atoms with Gasteiger partial charge in [0.05, 0.1) is 37.6 Å². The van der Waals surface area contributed by atoms with E-state index in [1.807, 2.05) is 18.2 Å². The van der Waals surface area contributed by atoms with Crippen LogP contribution in [-0.4, -0.2) is 70.4 Å². The van der Waals surface area contributed by atoms with Crippen LogP contribution < -0.4 is 14.8 Å². The number of nitrogens with one attached hydrogen (secondary N) is 1. The Balaban J connectivity index is 1.45. The number of carbonyl (C=O) groups is 1. The Labute approximate surface area is 217 Å². The van der Waals surface area contributed by atoms with Crippen LogP contribution in [0.4, 0.5) is 0 Å². The van der Waals surface area contributed by atoms with E-state index in [0.717, 1.165) is 24.8 Å². The number of fused-ring (bicyclic) bond motifs is 1. The van der Waals surface area contributed by atoms with Crippen LogP contribution in [-0.2, 0) is 31.8 Å². The van der Waals surface area contributed by atoms with Gasteiger partial charge in [-0.2, -0.15) is 0 Å². The van der Waals surface area contributed by atoms with Crippen LogP contribution in [0.1, 0.15) is 36.1 Å². The van der Waals surface area contributed by atoms with Crippen molar-refractivity contribution >= 4 is 17.6 Å². The summed E-state index contributed by atoms with van der Waals surface area (Å²) < 4.78 is 26.5. The molecule has 36 heavy (non-hydrogen) atoms. The first kappa shape index (κ1) is 28.2. The summed E-state index contributed by atoms with van der Waals surface area (Å²) in [5.41, 5.74) is 3.19. The number of ether oxygens (including phenoxy) is 5. The fourth-order valence-corrected chi connectivity index (χ4v) is 4.28. The molecule has 2 atom stereocenters. The SMILES string of the molecule is CCOC(=O)COc1ccc2c(c1)C[C@@H](NCC(O)c1ccc(OCCOCCOC)c(Cl)c1)CC2. The number of aliphatic hydroxyl groups is 1. The largest absolute Gasteiger partial charge is 0.490 e. The van der Waals surface area contributed by atoms with Crippen LogP contribution in [0.5, 0.6) is 11.5 Å². The van der Waals surface area contributed by atoms with Crippen molar-refractivity contribution in [2.24, 2.45) is 0 Å². The molecule has 0 radical (unpaired) electrons. The molecule has 2 aromatic rings. The summed E-state index contributed by atoms with van der Waals surface area (Å²) in [5, 5.41) is 14.6. The summed E-state index contributed by atoms with van der Waals surface area (Å²) in [7, 11) is 1.63. The van der Waals surface area contributed by atoms with Crippen LogP contribution in [0.25, 0.3) is 0 Å². The van der Waals surface area contributed by atoms with Gasteiger partial charge in [-0.3, -0.25) is 0 Å². The van der Waals surface area contributed by atoms with Gasteiger partial charge in [0.15, 0.2) is 6.61 Å². The number of hydrogen-bond acceptors (Lipinski definition) is 8. The predicted octanol–water partition coefficient (Wildman–Crippen LogP) is 3.50. The van der Waals surface area contributed by atoms with E-state index >= 15 is 0 Å². The van der Waals surface area contributed by atoms with Crippen molar-refractivity contribution in [3.05, 3.63) is 58.1 Å². The normalized spacial score (nSPS) is 15.7. The number of halogens is 1. The molecule has 8 nitrogen and oxygen atoms in total. The van der Waals surface area contributed by atoms with Gasteiger partial charge in [-0.15, -0.1) is 0 Å². The van der Waals surface area contributed by atoms with Crippen LogP contribution in [0, 0.1) is 0 Å². The van der Waals surface area contributed by atoms with Gasteiger partial charge in [0, 0.05) is 19.7 Å². The summed E-state index contributed by atoms with van der Waals surface area (Å²) in [6.07, 6.45) is 2.03. The summed E-state index contributed by atoms with van der Waals surface area (Å²) in [6, 6.07) is 11.5. The van der Waals surface area contributed by atoms with Gasteiger partial charge < -0.3 is 34.1 Å². The quantitative estimate of drug-likeness (QED) is 0.271. The van der Waals surface area contributed by atoms with Gasteiger partial charge in [-0.1, -0.05) is 23.7 Å². The highest BCUT2D eigenvalue weighted by Gasteiger charge is 2.20. The lowest BCUT2D eigenvalue weighted by Gasteiger charge is -2.27. The van der Waals surface area contributed by atoms with Gasteiger partial charge in [-0.25, -0.2) is 4.79 Å². The minimum absolute atomic E-state index is 0.102. The van der Waals surface area contributed by atoms with Crippen molar-refractivity contribution < 1.29 is 33.6 Å². The van der Waals surface area contributed by atoms with E-state index in [9.17, 15) is 9.90 Å². The van der Waals surface area contributed by atoms with E-state index < -0.39 is 6.10 Å². The third-order valence-electron chi connectivity index (χ3n) is 5.93. The first-order chi connectivity index (χ1) is 17.5. The molecular formula is C27H36ClNO7.